The molecular formula is C23H26FN3O3. The van der Waals surface area contributed by atoms with E-state index in [4.69, 9.17) is 4.74 Å². The summed E-state index contributed by atoms with van der Waals surface area (Å²) in [6.07, 6.45) is 0.921. The van der Waals surface area contributed by atoms with Crippen molar-refractivity contribution in [3.8, 4) is 0 Å². The molecule has 0 aromatic heterocycles. The van der Waals surface area contributed by atoms with Gasteiger partial charge in [-0.1, -0.05) is 42.5 Å². The highest BCUT2D eigenvalue weighted by Gasteiger charge is 2.47. The molecule has 1 atom stereocenters. The molecule has 4 rings (SSSR count). The van der Waals surface area contributed by atoms with Crippen molar-refractivity contribution < 1.29 is 18.7 Å². The van der Waals surface area contributed by atoms with Crippen LogP contribution < -0.4 is 5.32 Å². The van der Waals surface area contributed by atoms with E-state index in [2.05, 4.69) is 5.32 Å². The quantitative estimate of drug-likeness (QED) is 0.842. The second-order valence-electron chi connectivity index (χ2n) is 7.95. The summed E-state index contributed by atoms with van der Waals surface area (Å²) in [7, 11) is 0. The van der Waals surface area contributed by atoms with Gasteiger partial charge in [0.1, 0.15) is 5.82 Å². The second-order valence-corrected chi connectivity index (χ2v) is 7.95. The topological polar surface area (TPSA) is 61.9 Å². The van der Waals surface area contributed by atoms with Gasteiger partial charge in [0.15, 0.2) is 0 Å². The zero-order chi connectivity index (χ0) is 21.0. The predicted octanol–water partition coefficient (Wildman–Crippen LogP) is 2.93. The average Bonchev–Trinajstić information content (AvgIpc) is 3.19. The molecule has 7 heteroatoms. The highest BCUT2D eigenvalue weighted by Crippen LogP contribution is 2.32. The van der Waals surface area contributed by atoms with E-state index in [-0.39, 0.29) is 24.2 Å². The number of amides is 3. The molecule has 1 unspecified atom stereocenters. The third-order valence-electron chi connectivity index (χ3n) is 5.86. The lowest BCUT2D eigenvalue weighted by Gasteiger charge is -2.40. The van der Waals surface area contributed by atoms with Crippen LogP contribution in [0.3, 0.4) is 0 Å². The van der Waals surface area contributed by atoms with Crippen LogP contribution in [0.4, 0.5) is 9.18 Å². The molecular weight excluding hydrogens is 385 g/mol. The lowest BCUT2D eigenvalue weighted by atomic mass is 9.94. The van der Waals surface area contributed by atoms with Crippen LogP contribution in [-0.2, 0) is 22.6 Å². The van der Waals surface area contributed by atoms with Crippen LogP contribution in [0.5, 0.6) is 0 Å². The monoisotopic (exact) mass is 411 g/mol. The van der Waals surface area contributed by atoms with E-state index in [0.717, 1.165) is 11.1 Å². The van der Waals surface area contributed by atoms with Crippen LogP contribution in [0.2, 0.25) is 0 Å². The first kappa shape index (κ1) is 20.3. The molecule has 1 N–H and O–H groups in total. The maximum Gasteiger partial charge on any atom is 0.317 e. The van der Waals surface area contributed by atoms with Crippen molar-refractivity contribution in [3.63, 3.8) is 0 Å². The minimum Gasteiger partial charge on any atom is -0.379 e. The summed E-state index contributed by atoms with van der Waals surface area (Å²) < 4.78 is 19.0. The number of nitrogens with one attached hydrogen (secondary N) is 1. The molecule has 2 saturated heterocycles. The van der Waals surface area contributed by atoms with E-state index in [1.165, 1.54) is 12.1 Å². The van der Waals surface area contributed by atoms with Crippen molar-refractivity contribution in [3.05, 3.63) is 71.5 Å². The molecule has 2 aromatic rings. The Balaban J connectivity index is 1.49. The molecule has 0 aliphatic carbocycles. The summed E-state index contributed by atoms with van der Waals surface area (Å²) in [4.78, 5) is 29.5. The fraction of sp³-hybridized carbons (Fsp3) is 0.391. The number of nitrogens with zero attached hydrogens (tertiary/aromatic N) is 2. The average molecular weight is 411 g/mol. The maximum absolute atomic E-state index is 13.3. The van der Waals surface area contributed by atoms with Gasteiger partial charge in [-0.25, -0.2) is 9.18 Å². The molecule has 0 radical (unpaired) electrons. The Morgan fingerprint density at radius 1 is 1.10 bits per heavy atom. The van der Waals surface area contributed by atoms with Crippen molar-refractivity contribution in [2.24, 2.45) is 0 Å². The third-order valence-corrected chi connectivity index (χ3v) is 5.86. The summed E-state index contributed by atoms with van der Waals surface area (Å²) in [6.45, 7) is 2.53. The lowest BCUT2D eigenvalue weighted by molar-refractivity contribution is -0.137. The Morgan fingerprint density at radius 2 is 1.87 bits per heavy atom. The summed E-state index contributed by atoms with van der Waals surface area (Å²) in [5.74, 6) is -0.315. The lowest BCUT2D eigenvalue weighted by Crippen LogP contribution is -2.57. The number of carbonyl (C=O) groups is 2. The van der Waals surface area contributed by atoms with Crippen molar-refractivity contribution in [2.45, 2.75) is 31.5 Å². The standard InChI is InChI=1S/C23H26FN3O3/c24-20-8-6-19(7-9-20)15-27-21(28)10-12-26(16-23(27)11-13-30-17-23)22(29)25-14-18-4-2-1-3-5-18/h1-9H,10-17H2,(H,25,29). The van der Waals surface area contributed by atoms with Crippen molar-refractivity contribution in [1.29, 1.82) is 0 Å². The normalized spacial score (nSPS) is 21.7. The van der Waals surface area contributed by atoms with Crippen LogP contribution >= 0.6 is 0 Å². The number of benzene rings is 2. The van der Waals surface area contributed by atoms with Crippen LogP contribution in [0.15, 0.2) is 54.6 Å². The first-order valence-corrected chi connectivity index (χ1v) is 10.3. The fourth-order valence-electron chi connectivity index (χ4n) is 4.17. The molecule has 6 nitrogen and oxygen atoms in total. The van der Waals surface area contributed by atoms with E-state index >= 15 is 0 Å². The summed E-state index contributed by atoms with van der Waals surface area (Å²) in [6, 6.07) is 15.7. The molecule has 30 heavy (non-hydrogen) atoms. The van der Waals surface area contributed by atoms with Gasteiger partial charge in [0.25, 0.3) is 0 Å². The SMILES string of the molecule is O=C(NCc1ccccc1)N1CCC(=O)N(Cc2ccc(F)cc2)C2(CCOC2)C1. The number of ether oxygens (including phenoxy) is 1. The molecule has 2 fully saturated rings. The van der Waals surface area contributed by atoms with Crippen LogP contribution in [0, 0.1) is 5.82 Å². The Bertz CT molecular complexity index is 882. The Hall–Kier alpha value is -2.93. The van der Waals surface area contributed by atoms with Gasteiger partial charge >= 0.3 is 6.03 Å². The number of hydrogen-bond acceptors (Lipinski definition) is 3. The molecule has 158 valence electrons. The molecule has 0 saturated carbocycles. The van der Waals surface area contributed by atoms with Crippen LogP contribution in [0.1, 0.15) is 24.0 Å². The Kier molecular flexibility index (Phi) is 5.99. The van der Waals surface area contributed by atoms with Gasteiger partial charge in [0.2, 0.25) is 5.91 Å². The van der Waals surface area contributed by atoms with Crippen molar-refractivity contribution in [1.82, 2.24) is 15.1 Å². The van der Waals surface area contributed by atoms with Gasteiger partial charge in [-0.2, -0.15) is 0 Å². The van der Waals surface area contributed by atoms with Gasteiger partial charge in [-0.05, 0) is 29.7 Å². The molecule has 1 spiro atoms. The maximum atomic E-state index is 13.3. The second kappa shape index (κ2) is 8.83. The zero-order valence-corrected chi connectivity index (χ0v) is 16.9. The van der Waals surface area contributed by atoms with Gasteiger partial charge in [0, 0.05) is 39.2 Å². The van der Waals surface area contributed by atoms with E-state index < -0.39 is 5.54 Å². The van der Waals surface area contributed by atoms with Crippen LogP contribution in [0.25, 0.3) is 0 Å². The van der Waals surface area contributed by atoms with Gasteiger partial charge in [-0.15, -0.1) is 0 Å². The number of rotatable bonds is 4. The predicted molar refractivity (Wildman–Crippen MR) is 110 cm³/mol. The van der Waals surface area contributed by atoms with Crippen molar-refractivity contribution in [2.75, 3.05) is 26.3 Å². The number of carbonyl (C=O) groups excluding carboxylic acids is 2. The first-order chi connectivity index (χ1) is 14.6. The molecule has 3 amide bonds. The first-order valence-electron chi connectivity index (χ1n) is 10.3. The minimum atomic E-state index is -0.563. The van der Waals surface area contributed by atoms with E-state index in [0.29, 0.717) is 45.8 Å². The van der Waals surface area contributed by atoms with Crippen molar-refractivity contribution >= 4 is 11.9 Å². The largest absolute Gasteiger partial charge is 0.379 e. The fourth-order valence-corrected chi connectivity index (χ4v) is 4.17. The molecule has 0 bridgehead atoms. The highest BCUT2D eigenvalue weighted by atomic mass is 19.1. The summed E-state index contributed by atoms with van der Waals surface area (Å²) in [5, 5.41) is 2.96. The smallest absolute Gasteiger partial charge is 0.317 e. The number of urea groups is 1. The van der Waals surface area contributed by atoms with Crippen LogP contribution in [-0.4, -0.2) is 53.6 Å². The van der Waals surface area contributed by atoms with E-state index in [9.17, 15) is 14.0 Å². The summed E-state index contributed by atoms with van der Waals surface area (Å²) in [5.41, 5.74) is 1.32. The highest BCUT2D eigenvalue weighted by molar-refractivity contribution is 5.80. The van der Waals surface area contributed by atoms with Gasteiger partial charge in [0.05, 0.1) is 12.1 Å². The van der Waals surface area contributed by atoms with E-state index in [1.54, 1.807) is 17.0 Å². The van der Waals surface area contributed by atoms with Gasteiger partial charge in [-0.3, -0.25) is 4.79 Å². The molecule has 2 aliphatic heterocycles. The zero-order valence-electron chi connectivity index (χ0n) is 16.9. The van der Waals surface area contributed by atoms with E-state index in [1.807, 2.05) is 35.2 Å². The Morgan fingerprint density at radius 3 is 2.57 bits per heavy atom. The molecule has 2 aromatic carbocycles. The molecule has 2 heterocycles. The number of halogens is 1. The Labute approximate surface area is 175 Å². The van der Waals surface area contributed by atoms with Gasteiger partial charge < -0.3 is 19.9 Å². The number of hydrogen-bond donors (Lipinski definition) is 1. The molecule has 2 aliphatic rings. The minimum absolute atomic E-state index is 0.0109. The third kappa shape index (κ3) is 4.46. The summed E-state index contributed by atoms with van der Waals surface area (Å²) >= 11 is 0.